The Balaban J connectivity index is 2.84. The molecule has 1 aromatic rings. The number of benzene rings is 1. The normalized spacial score (nSPS) is 13.3. The number of anilines is 1. The lowest BCUT2D eigenvalue weighted by Crippen LogP contribution is -2.41. The van der Waals surface area contributed by atoms with E-state index in [1.165, 1.54) is 0 Å². The summed E-state index contributed by atoms with van der Waals surface area (Å²) in [5.41, 5.74) is 6.86. The molecule has 0 saturated heterocycles. The van der Waals surface area contributed by atoms with Gasteiger partial charge in [0.2, 0.25) is 5.91 Å². The van der Waals surface area contributed by atoms with E-state index in [0.29, 0.717) is 17.8 Å². The summed E-state index contributed by atoms with van der Waals surface area (Å²) in [5, 5.41) is 5.56. The van der Waals surface area contributed by atoms with E-state index in [2.05, 4.69) is 10.6 Å². The highest BCUT2D eigenvalue weighted by Crippen LogP contribution is 2.16. The molecule has 0 aliphatic carbocycles. The number of amides is 2. The van der Waals surface area contributed by atoms with Crippen molar-refractivity contribution in [2.75, 3.05) is 11.9 Å². The summed E-state index contributed by atoms with van der Waals surface area (Å²) in [6.45, 7) is 6.51. The number of rotatable bonds is 7. The van der Waals surface area contributed by atoms with Crippen LogP contribution in [-0.4, -0.2) is 24.4 Å². The lowest BCUT2D eigenvalue weighted by atomic mass is 9.99. The van der Waals surface area contributed by atoms with Crippen molar-refractivity contribution in [3.63, 3.8) is 0 Å². The van der Waals surface area contributed by atoms with Crippen LogP contribution >= 0.6 is 0 Å². The summed E-state index contributed by atoms with van der Waals surface area (Å²) >= 11 is 0. The van der Waals surface area contributed by atoms with Crippen molar-refractivity contribution in [2.45, 2.75) is 39.7 Å². The zero-order valence-electron chi connectivity index (χ0n) is 13.0. The lowest BCUT2D eigenvalue weighted by Gasteiger charge is -2.19. The van der Waals surface area contributed by atoms with Gasteiger partial charge in [0.15, 0.2) is 0 Å². The van der Waals surface area contributed by atoms with Crippen LogP contribution in [0.1, 0.15) is 44.0 Å². The third kappa shape index (κ3) is 4.86. The Morgan fingerprint density at radius 1 is 1.24 bits per heavy atom. The lowest BCUT2D eigenvalue weighted by molar-refractivity contribution is -0.118. The molecule has 0 radical (unpaired) electrons. The molecule has 0 aromatic heterocycles. The first kappa shape index (κ1) is 17.2. The van der Waals surface area contributed by atoms with Gasteiger partial charge in [-0.05, 0) is 24.5 Å². The maximum absolute atomic E-state index is 12.1. The van der Waals surface area contributed by atoms with E-state index < -0.39 is 6.04 Å². The van der Waals surface area contributed by atoms with Crippen LogP contribution < -0.4 is 16.4 Å². The van der Waals surface area contributed by atoms with E-state index in [4.69, 9.17) is 5.73 Å². The number of nitrogens with two attached hydrogens (primary N) is 1. The van der Waals surface area contributed by atoms with Crippen molar-refractivity contribution in [3.05, 3.63) is 29.8 Å². The molecule has 2 atom stereocenters. The van der Waals surface area contributed by atoms with Crippen molar-refractivity contribution >= 4 is 17.5 Å². The zero-order valence-corrected chi connectivity index (χ0v) is 13.0. The summed E-state index contributed by atoms with van der Waals surface area (Å²) in [6.07, 6.45) is 1.69. The zero-order chi connectivity index (χ0) is 15.8. The minimum atomic E-state index is -0.582. The second kappa shape index (κ2) is 8.42. The molecular weight excluding hydrogens is 266 g/mol. The minimum absolute atomic E-state index is 0.0890. The van der Waals surface area contributed by atoms with Crippen LogP contribution in [0.3, 0.4) is 0 Å². The molecule has 5 heteroatoms. The number of hydrogen-bond acceptors (Lipinski definition) is 3. The molecule has 1 rings (SSSR count). The molecule has 2 amide bonds. The third-order valence-electron chi connectivity index (χ3n) is 3.52. The minimum Gasteiger partial charge on any atom is -0.352 e. The maximum atomic E-state index is 12.1. The van der Waals surface area contributed by atoms with Crippen molar-refractivity contribution in [1.29, 1.82) is 0 Å². The Kier molecular flexibility index (Phi) is 6.88. The first-order valence-corrected chi connectivity index (χ1v) is 7.44. The Morgan fingerprint density at radius 3 is 2.52 bits per heavy atom. The van der Waals surface area contributed by atoms with Crippen LogP contribution in [0.4, 0.5) is 5.69 Å². The quantitative estimate of drug-likeness (QED) is 0.719. The summed E-state index contributed by atoms with van der Waals surface area (Å²) in [5.74, 6) is -0.365. The molecule has 21 heavy (non-hydrogen) atoms. The van der Waals surface area contributed by atoms with Gasteiger partial charge in [0.05, 0.1) is 17.3 Å². The van der Waals surface area contributed by atoms with Gasteiger partial charge in [0.1, 0.15) is 0 Å². The first-order valence-electron chi connectivity index (χ1n) is 7.44. The summed E-state index contributed by atoms with van der Waals surface area (Å²) < 4.78 is 0. The Morgan fingerprint density at radius 2 is 1.90 bits per heavy atom. The Hall–Kier alpha value is -1.88. The topological polar surface area (TPSA) is 84.2 Å². The van der Waals surface area contributed by atoms with Crippen LogP contribution in [0, 0.1) is 5.92 Å². The highest BCUT2D eigenvalue weighted by molar-refractivity contribution is 6.04. The molecule has 5 nitrogen and oxygen atoms in total. The number of nitrogens with one attached hydrogen (secondary N) is 2. The van der Waals surface area contributed by atoms with Crippen LogP contribution in [0.25, 0.3) is 0 Å². The van der Waals surface area contributed by atoms with Gasteiger partial charge in [-0.3, -0.25) is 9.59 Å². The van der Waals surface area contributed by atoms with Crippen molar-refractivity contribution < 1.29 is 9.59 Å². The van der Waals surface area contributed by atoms with Gasteiger partial charge >= 0.3 is 0 Å². The SMILES string of the molecule is CCCNC(=O)c1ccccc1NC(=O)[C@@H](N)C(C)CC. The number of carbonyl (C=O) groups is 2. The van der Waals surface area contributed by atoms with Gasteiger partial charge in [-0.2, -0.15) is 0 Å². The van der Waals surface area contributed by atoms with E-state index in [-0.39, 0.29) is 17.7 Å². The average molecular weight is 291 g/mol. The fraction of sp³-hybridized carbons (Fsp3) is 0.500. The molecule has 1 aromatic carbocycles. The van der Waals surface area contributed by atoms with Gasteiger partial charge in [-0.15, -0.1) is 0 Å². The summed E-state index contributed by atoms with van der Waals surface area (Å²) in [4.78, 5) is 24.2. The standard InChI is InChI=1S/C16H25N3O2/c1-4-10-18-15(20)12-8-6-7-9-13(12)19-16(21)14(17)11(3)5-2/h6-9,11,14H,4-5,10,17H2,1-3H3,(H,18,20)(H,19,21)/t11?,14-/m0/s1. The summed E-state index contributed by atoms with van der Waals surface area (Å²) in [7, 11) is 0. The van der Waals surface area contributed by atoms with E-state index >= 15 is 0 Å². The van der Waals surface area contributed by atoms with Gasteiger partial charge < -0.3 is 16.4 Å². The Labute approximate surface area is 126 Å². The van der Waals surface area contributed by atoms with E-state index in [0.717, 1.165) is 12.8 Å². The molecule has 1 unspecified atom stereocenters. The molecule has 0 aliphatic rings. The van der Waals surface area contributed by atoms with Gasteiger partial charge in [0, 0.05) is 6.54 Å². The van der Waals surface area contributed by atoms with Gasteiger partial charge in [-0.1, -0.05) is 39.3 Å². The molecule has 0 aliphatic heterocycles. The molecule has 116 valence electrons. The fourth-order valence-corrected chi connectivity index (χ4v) is 1.85. The smallest absolute Gasteiger partial charge is 0.253 e. The molecular formula is C16H25N3O2. The fourth-order valence-electron chi connectivity index (χ4n) is 1.85. The largest absolute Gasteiger partial charge is 0.352 e. The molecule has 0 bridgehead atoms. The van der Waals surface area contributed by atoms with Crippen LogP contribution in [0.2, 0.25) is 0 Å². The average Bonchev–Trinajstić information content (AvgIpc) is 2.51. The maximum Gasteiger partial charge on any atom is 0.253 e. The van der Waals surface area contributed by atoms with Crippen LogP contribution in [0.5, 0.6) is 0 Å². The molecule has 0 heterocycles. The van der Waals surface area contributed by atoms with Gasteiger partial charge in [-0.25, -0.2) is 0 Å². The second-order valence-corrected chi connectivity index (χ2v) is 5.20. The third-order valence-corrected chi connectivity index (χ3v) is 3.52. The van der Waals surface area contributed by atoms with E-state index in [1.54, 1.807) is 24.3 Å². The first-order chi connectivity index (χ1) is 10.0. The predicted octanol–water partition coefficient (Wildman–Crippen LogP) is 2.14. The van der Waals surface area contributed by atoms with Crippen LogP contribution in [0.15, 0.2) is 24.3 Å². The number of carbonyl (C=O) groups excluding carboxylic acids is 2. The highest BCUT2D eigenvalue weighted by Gasteiger charge is 2.21. The second-order valence-electron chi connectivity index (χ2n) is 5.20. The van der Waals surface area contributed by atoms with Crippen LogP contribution in [-0.2, 0) is 4.79 Å². The molecule has 0 saturated carbocycles. The van der Waals surface area contributed by atoms with E-state index in [9.17, 15) is 9.59 Å². The molecule has 0 spiro atoms. The number of hydrogen-bond donors (Lipinski definition) is 3. The van der Waals surface area contributed by atoms with Crippen molar-refractivity contribution in [1.82, 2.24) is 5.32 Å². The Bertz CT molecular complexity index is 488. The van der Waals surface area contributed by atoms with Gasteiger partial charge in [0.25, 0.3) is 5.91 Å². The van der Waals surface area contributed by atoms with E-state index in [1.807, 2.05) is 20.8 Å². The highest BCUT2D eigenvalue weighted by atomic mass is 16.2. The molecule has 0 fully saturated rings. The molecule has 4 N–H and O–H groups in total. The summed E-state index contributed by atoms with van der Waals surface area (Å²) in [6, 6.07) is 6.37. The van der Waals surface area contributed by atoms with Crippen molar-refractivity contribution in [3.8, 4) is 0 Å². The van der Waals surface area contributed by atoms with Crippen molar-refractivity contribution in [2.24, 2.45) is 11.7 Å². The number of para-hydroxylation sites is 1. The monoisotopic (exact) mass is 291 g/mol. The predicted molar refractivity (Wildman–Crippen MR) is 85.1 cm³/mol.